The first-order chi connectivity index (χ1) is 10.5. The molecule has 0 aliphatic rings. The van der Waals surface area contributed by atoms with E-state index in [2.05, 4.69) is 20.6 Å². The third kappa shape index (κ3) is 3.85. The monoisotopic (exact) mass is 322 g/mol. The number of hydrazone groups is 1. The lowest BCUT2D eigenvalue weighted by molar-refractivity contribution is -0.394. The number of carbonyl (C=O) groups excluding carboxylic acids is 1. The van der Waals surface area contributed by atoms with Crippen molar-refractivity contribution in [3.63, 3.8) is 0 Å². The number of aromatic nitrogens is 3. The highest BCUT2D eigenvalue weighted by Gasteiger charge is 2.13. The highest BCUT2D eigenvalue weighted by Crippen LogP contribution is 2.14. The zero-order valence-electron chi connectivity index (χ0n) is 11.4. The van der Waals surface area contributed by atoms with Crippen molar-refractivity contribution in [2.45, 2.75) is 13.5 Å². The van der Waals surface area contributed by atoms with Crippen LogP contribution >= 0.6 is 11.6 Å². The summed E-state index contributed by atoms with van der Waals surface area (Å²) in [4.78, 5) is 25.2. The van der Waals surface area contributed by atoms with Gasteiger partial charge in [0.05, 0.1) is 22.8 Å². The van der Waals surface area contributed by atoms with Crippen LogP contribution in [0.5, 0.6) is 0 Å². The van der Waals surface area contributed by atoms with Gasteiger partial charge >= 0.3 is 5.95 Å². The lowest BCUT2D eigenvalue weighted by atomic mass is 10.2. The molecule has 0 unspecified atom stereocenters. The minimum absolute atomic E-state index is 0.156. The van der Waals surface area contributed by atoms with Crippen molar-refractivity contribution >= 4 is 29.2 Å². The maximum absolute atomic E-state index is 11.9. The molecule has 0 saturated carbocycles. The summed E-state index contributed by atoms with van der Waals surface area (Å²) in [5, 5.41) is 18.3. The zero-order chi connectivity index (χ0) is 16.1. The van der Waals surface area contributed by atoms with Gasteiger partial charge in [-0.25, -0.2) is 5.43 Å². The SMILES string of the molecule is C/C(Cn1cnc([N+](=O)[O-])n1)=N\NC(=O)c1ccccc1Cl. The van der Waals surface area contributed by atoms with Gasteiger partial charge in [-0.1, -0.05) is 28.7 Å². The summed E-state index contributed by atoms with van der Waals surface area (Å²) in [6.07, 6.45) is 1.22. The van der Waals surface area contributed by atoms with Gasteiger partial charge in [0.15, 0.2) is 0 Å². The van der Waals surface area contributed by atoms with Gasteiger partial charge in [0.25, 0.3) is 5.91 Å². The topological polar surface area (TPSA) is 115 Å². The Kier molecular flexibility index (Phi) is 4.79. The Balaban J connectivity index is 1.99. The van der Waals surface area contributed by atoms with Crippen LogP contribution in [0.15, 0.2) is 35.7 Å². The fourth-order valence-corrected chi connectivity index (χ4v) is 1.79. The molecule has 0 saturated heterocycles. The maximum Gasteiger partial charge on any atom is 0.490 e. The molecule has 0 atom stereocenters. The average Bonchev–Trinajstić information content (AvgIpc) is 2.94. The fourth-order valence-electron chi connectivity index (χ4n) is 1.57. The Labute approximate surface area is 129 Å². The third-order valence-corrected chi connectivity index (χ3v) is 2.87. The number of nitrogens with zero attached hydrogens (tertiary/aromatic N) is 5. The molecule has 2 rings (SSSR count). The Hall–Kier alpha value is -2.81. The number of halogens is 1. The zero-order valence-corrected chi connectivity index (χ0v) is 12.2. The van der Waals surface area contributed by atoms with Crippen molar-refractivity contribution in [1.82, 2.24) is 20.2 Å². The number of benzene rings is 1. The number of carbonyl (C=O) groups is 1. The standard InChI is InChI=1S/C12H11ClN6O3/c1-8(6-18-7-14-12(17-18)19(21)22)15-16-11(20)9-4-2-3-5-10(9)13/h2-5,7H,6H2,1H3,(H,16,20)/b15-8+. The molecule has 2 aromatic rings. The molecule has 9 nitrogen and oxygen atoms in total. The van der Waals surface area contributed by atoms with Gasteiger partial charge in [-0.05, 0) is 24.0 Å². The Bertz CT molecular complexity index is 742. The van der Waals surface area contributed by atoms with Crippen LogP contribution in [0, 0.1) is 10.1 Å². The van der Waals surface area contributed by atoms with Crippen LogP contribution in [0.25, 0.3) is 0 Å². The molecule has 0 aliphatic heterocycles. The van der Waals surface area contributed by atoms with E-state index in [9.17, 15) is 14.9 Å². The lowest BCUT2D eigenvalue weighted by Gasteiger charge is -2.03. The largest absolute Gasteiger partial charge is 0.490 e. The molecule has 0 aliphatic carbocycles. The van der Waals surface area contributed by atoms with Crippen LogP contribution in [0.2, 0.25) is 5.02 Å². The molecular formula is C12H11ClN6O3. The second kappa shape index (κ2) is 6.76. The quantitative estimate of drug-likeness (QED) is 0.510. The Morgan fingerprint density at radius 3 is 2.86 bits per heavy atom. The summed E-state index contributed by atoms with van der Waals surface area (Å²) in [5.41, 5.74) is 3.15. The molecule has 1 aromatic carbocycles. The van der Waals surface area contributed by atoms with E-state index in [-0.39, 0.29) is 6.54 Å². The molecule has 1 heterocycles. The van der Waals surface area contributed by atoms with Crippen molar-refractivity contribution in [1.29, 1.82) is 0 Å². The summed E-state index contributed by atoms with van der Waals surface area (Å²) in [6, 6.07) is 6.57. The van der Waals surface area contributed by atoms with Crippen molar-refractivity contribution in [2.24, 2.45) is 5.10 Å². The van der Waals surface area contributed by atoms with Crippen molar-refractivity contribution in [2.75, 3.05) is 0 Å². The minimum Gasteiger partial charge on any atom is -0.390 e. The molecule has 1 amide bonds. The van der Waals surface area contributed by atoms with Gasteiger partial charge in [0.2, 0.25) is 6.33 Å². The van der Waals surface area contributed by atoms with E-state index in [0.717, 1.165) is 0 Å². The van der Waals surface area contributed by atoms with Crippen LogP contribution in [0.4, 0.5) is 5.95 Å². The number of amides is 1. The van der Waals surface area contributed by atoms with E-state index in [0.29, 0.717) is 16.3 Å². The summed E-state index contributed by atoms with van der Waals surface area (Å²) < 4.78 is 1.25. The van der Waals surface area contributed by atoms with Gasteiger partial charge in [-0.2, -0.15) is 9.78 Å². The number of nitrogens with one attached hydrogen (secondary N) is 1. The predicted octanol–water partition coefficient (Wildman–Crippen LogP) is 1.65. The maximum atomic E-state index is 11.9. The van der Waals surface area contributed by atoms with Crippen LogP contribution in [-0.4, -0.2) is 31.3 Å². The van der Waals surface area contributed by atoms with Crippen LogP contribution in [0.1, 0.15) is 17.3 Å². The van der Waals surface area contributed by atoms with Crippen LogP contribution in [0.3, 0.4) is 0 Å². The van der Waals surface area contributed by atoms with Gasteiger partial charge in [0.1, 0.15) is 0 Å². The molecule has 0 spiro atoms. The molecule has 1 aromatic heterocycles. The van der Waals surface area contributed by atoms with Gasteiger partial charge in [0, 0.05) is 5.10 Å². The van der Waals surface area contributed by atoms with E-state index in [1.807, 2.05) is 0 Å². The fraction of sp³-hybridized carbons (Fsp3) is 0.167. The molecule has 0 bridgehead atoms. The first kappa shape index (κ1) is 15.6. The number of nitro groups is 1. The first-order valence-corrected chi connectivity index (χ1v) is 6.47. The highest BCUT2D eigenvalue weighted by atomic mass is 35.5. The summed E-state index contributed by atoms with van der Waals surface area (Å²) in [5.74, 6) is -0.942. The Morgan fingerprint density at radius 2 is 2.23 bits per heavy atom. The predicted molar refractivity (Wildman–Crippen MR) is 78.7 cm³/mol. The lowest BCUT2D eigenvalue weighted by Crippen LogP contribution is -2.21. The molecular weight excluding hydrogens is 312 g/mol. The molecule has 114 valence electrons. The second-order valence-corrected chi connectivity index (χ2v) is 4.67. The van der Waals surface area contributed by atoms with Crippen molar-refractivity contribution in [3.8, 4) is 0 Å². The van der Waals surface area contributed by atoms with E-state index in [4.69, 9.17) is 11.6 Å². The number of hydrogen-bond donors (Lipinski definition) is 1. The van der Waals surface area contributed by atoms with Gasteiger partial charge in [-0.3, -0.25) is 4.79 Å². The van der Waals surface area contributed by atoms with Gasteiger partial charge in [-0.15, -0.1) is 0 Å². The minimum atomic E-state index is -0.692. The number of hydrogen-bond acceptors (Lipinski definition) is 6. The molecule has 0 fully saturated rings. The van der Waals surface area contributed by atoms with E-state index >= 15 is 0 Å². The van der Waals surface area contributed by atoms with E-state index in [1.165, 1.54) is 11.0 Å². The molecule has 1 N–H and O–H groups in total. The smallest absolute Gasteiger partial charge is 0.390 e. The summed E-state index contributed by atoms with van der Waals surface area (Å²) >= 11 is 5.90. The molecule has 0 radical (unpaired) electrons. The van der Waals surface area contributed by atoms with E-state index < -0.39 is 16.8 Å². The Morgan fingerprint density at radius 1 is 1.50 bits per heavy atom. The van der Waals surface area contributed by atoms with Crippen LogP contribution < -0.4 is 5.43 Å². The second-order valence-electron chi connectivity index (χ2n) is 4.27. The third-order valence-electron chi connectivity index (χ3n) is 2.55. The van der Waals surface area contributed by atoms with Crippen molar-refractivity contribution < 1.29 is 9.72 Å². The molecule has 10 heteroatoms. The highest BCUT2D eigenvalue weighted by molar-refractivity contribution is 6.33. The normalized spacial score (nSPS) is 11.3. The van der Waals surface area contributed by atoms with Crippen molar-refractivity contribution in [3.05, 3.63) is 51.3 Å². The molecule has 22 heavy (non-hydrogen) atoms. The van der Waals surface area contributed by atoms with E-state index in [1.54, 1.807) is 31.2 Å². The van der Waals surface area contributed by atoms with Crippen LogP contribution in [-0.2, 0) is 6.54 Å². The summed E-state index contributed by atoms with van der Waals surface area (Å²) in [6.45, 7) is 1.80. The summed E-state index contributed by atoms with van der Waals surface area (Å²) in [7, 11) is 0. The number of rotatable bonds is 5. The first-order valence-electron chi connectivity index (χ1n) is 6.09. The van der Waals surface area contributed by atoms with Gasteiger partial charge < -0.3 is 10.1 Å². The average molecular weight is 323 g/mol.